The monoisotopic (exact) mass is 394 g/mol. The topological polar surface area (TPSA) is 41.1 Å². The fourth-order valence-electron chi connectivity index (χ4n) is 1.78. The summed E-state index contributed by atoms with van der Waals surface area (Å²) in [7, 11) is 0. The van der Waals surface area contributed by atoms with Crippen molar-refractivity contribution in [2.24, 2.45) is 0 Å². The zero-order chi connectivity index (χ0) is 14.4. The highest BCUT2D eigenvalue weighted by Crippen LogP contribution is 2.24. The highest BCUT2D eigenvalue weighted by molar-refractivity contribution is 14.1. The van der Waals surface area contributed by atoms with Crippen LogP contribution in [0.5, 0.6) is 0 Å². The van der Waals surface area contributed by atoms with Crippen molar-refractivity contribution in [2.75, 3.05) is 5.32 Å². The van der Waals surface area contributed by atoms with Gasteiger partial charge in [-0.15, -0.1) is 0 Å². The summed E-state index contributed by atoms with van der Waals surface area (Å²) in [6.07, 6.45) is 2.05. The van der Waals surface area contributed by atoms with Gasteiger partial charge in [0.1, 0.15) is 6.04 Å². The van der Waals surface area contributed by atoms with Gasteiger partial charge in [0.05, 0.1) is 10.7 Å². The zero-order valence-electron chi connectivity index (χ0n) is 11.5. The van der Waals surface area contributed by atoms with Crippen LogP contribution in [-0.2, 0) is 4.79 Å². The van der Waals surface area contributed by atoms with Gasteiger partial charge in [0.2, 0.25) is 5.91 Å². The molecule has 0 aliphatic carbocycles. The van der Waals surface area contributed by atoms with Crippen molar-refractivity contribution in [3.05, 3.63) is 26.8 Å². The van der Waals surface area contributed by atoms with Crippen molar-refractivity contribution in [1.29, 1.82) is 0 Å². The van der Waals surface area contributed by atoms with Gasteiger partial charge >= 0.3 is 0 Å². The summed E-state index contributed by atoms with van der Waals surface area (Å²) in [5.41, 5.74) is 0.785. The van der Waals surface area contributed by atoms with Crippen molar-refractivity contribution < 1.29 is 4.79 Å². The molecule has 19 heavy (non-hydrogen) atoms. The Bertz CT molecular complexity index is 439. The summed E-state index contributed by atoms with van der Waals surface area (Å²) in [6.45, 7) is 5.96. The molecule has 2 unspecified atom stereocenters. The third-order valence-electron chi connectivity index (χ3n) is 2.81. The van der Waals surface area contributed by atoms with Crippen LogP contribution in [0.3, 0.4) is 0 Å². The lowest BCUT2D eigenvalue weighted by Crippen LogP contribution is -2.42. The average Bonchev–Trinajstić information content (AvgIpc) is 2.32. The van der Waals surface area contributed by atoms with Gasteiger partial charge in [-0.25, -0.2) is 0 Å². The van der Waals surface area contributed by atoms with Gasteiger partial charge < -0.3 is 10.6 Å². The van der Waals surface area contributed by atoms with Gasteiger partial charge in [0.15, 0.2) is 0 Å². The standard InChI is InChI=1S/C14H20ClIN2O/c1-4-5-9(2)17-14(19)10(3)18-13-7-6-11(16)8-12(13)15/h6-10,18H,4-5H2,1-3H3,(H,17,19). The van der Waals surface area contributed by atoms with Gasteiger partial charge in [-0.2, -0.15) is 0 Å². The minimum Gasteiger partial charge on any atom is -0.373 e. The van der Waals surface area contributed by atoms with Gasteiger partial charge in [-0.05, 0) is 61.1 Å². The summed E-state index contributed by atoms with van der Waals surface area (Å²) < 4.78 is 1.07. The molecular weight excluding hydrogens is 375 g/mol. The minimum absolute atomic E-state index is 0.00410. The van der Waals surface area contributed by atoms with Crippen molar-refractivity contribution >= 4 is 45.8 Å². The van der Waals surface area contributed by atoms with E-state index in [1.807, 2.05) is 32.0 Å². The molecule has 0 saturated carbocycles. The lowest BCUT2D eigenvalue weighted by atomic mass is 10.2. The molecule has 2 N–H and O–H groups in total. The largest absolute Gasteiger partial charge is 0.373 e. The summed E-state index contributed by atoms with van der Waals surface area (Å²) in [6, 6.07) is 5.61. The molecule has 1 aromatic rings. The van der Waals surface area contributed by atoms with Crippen LogP contribution in [0.15, 0.2) is 18.2 Å². The Kier molecular flexibility index (Phi) is 6.93. The van der Waals surface area contributed by atoms with Gasteiger partial charge in [0, 0.05) is 9.61 Å². The molecule has 5 heteroatoms. The van der Waals surface area contributed by atoms with E-state index in [9.17, 15) is 4.79 Å². The number of amides is 1. The van der Waals surface area contributed by atoms with Crippen LogP contribution in [-0.4, -0.2) is 18.0 Å². The average molecular weight is 395 g/mol. The smallest absolute Gasteiger partial charge is 0.242 e. The normalized spacial score (nSPS) is 13.7. The van der Waals surface area contributed by atoms with Crippen molar-refractivity contribution in [3.63, 3.8) is 0 Å². The van der Waals surface area contributed by atoms with E-state index in [2.05, 4.69) is 40.1 Å². The van der Waals surface area contributed by atoms with E-state index in [-0.39, 0.29) is 18.0 Å². The first kappa shape index (κ1) is 16.6. The first-order chi connectivity index (χ1) is 8.93. The highest BCUT2D eigenvalue weighted by Gasteiger charge is 2.15. The van der Waals surface area contributed by atoms with Crippen molar-refractivity contribution in [2.45, 2.75) is 45.7 Å². The van der Waals surface area contributed by atoms with E-state index in [0.29, 0.717) is 5.02 Å². The quantitative estimate of drug-likeness (QED) is 0.715. The molecule has 0 aliphatic heterocycles. The van der Waals surface area contributed by atoms with Crippen LogP contribution < -0.4 is 10.6 Å². The molecule has 0 aromatic heterocycles. The van der Waals surface area contributed by atoms with E-state index >= 15 is 0 Å². The Morgan fingerprint density at radius 1 is 1.42 bits per heavy atom. The van der Waals surface area contributed by atoms with Crippen LogP contribution >= 0.6 is 34.2 Å². The predicted octanol–water partition coefficient (Wildman–Crippen LogP) is 4.05. The first-order valence-electron chi connectivity index (χ1n) is 6.46. The lowest BCUT2D eigenvalue weighted by Gasteiger charge is -2.19. The predicted molar refractivity (Wildman–Crippen MR) is 89.8 cm³/mol. The Morgan fingerprint density at radius 2 is 2.11 bits per heavy atom. The van der Waals surface area contributed by atoms with E-state index in [0.717, 1.165) is 22.1 Å². The number of anilines is 1. The molecule has 0 bridgehead atoms. The summed E-state index contributed by atoms with van der Waals surface area (Å²) in [4.78, 5) is 12.0. The number of hydrogen-bond donors (Lipinski definition) is 2. The number of benzene rings is 1. The number of hydrogen-bond acceptors (Lipinski definition) is 2. The van der Waals surface area contributed by atoms with E-state index in [1.165, 1.54) is 0 Å². The third kappa shape index (κ3) is 5.57. The number of carbonyl (C=O) groups is 1. The van der Waals surface area contributed by atoms with E-state index in [4.69, 9.17) is 11.6 Å². The maximum absolute atomic E-state index is 12.0. The molecule has 0 heterocycles. The van der Waals surface area contributed by atoms with Crippen LogP contribution in [0.25, 0.3) is 0 Å². The summed E-state index contributed by atoms with van der Waals surface area (Å²) in [5, 5.41) is 6.76. The molecule has 1 rings (SSSR count). The molecule has 0 radical (unpaired) electrons. The van der Waals surface area contributed by atoms with Gasteiger partial charge in [0.25, 0.3) is 0 Å². The Morgan fingerprint density at radius 3 is 2.68 bits per heavy atom. The van der Waals surface area contributed by atoms with Crippen LogP contribution in [0.1, 0.15) is 33.6 Å². The Labute approximate surface area is 133 Å². The number of rotatable bonds is 6. The molecule has 2 atom stereocenters. The number of nitrogens with one attached hydrogen (secondary N) is 2. The summed E-state index contributed by atoms with van der Waals surface area (Å²) >= 11 is 8.34. The van der Waals surface area contributed by atoms with Crippen molar-refractivity contribution in [1.82, 2.24) is 5.32 Å². The maximum atomic E-state index is 12.0. The second kappa shape index (κ2) is 7.94. The fourth-order valence-corrected chi connectivity index (χ4v) is 2.69. The molecule has 3 nitrogen and oxygen atoms in total. The van der Waals surface area contributed by atoms with Crippen molar-refractivity contribution in [3.8, 4) is 0 Å². The molecule has 106 valence electrons. The summed E-state index contributed by atoms with van der Waals surface area (Å²) in [5.74, 6) is -0.00410. The second-order valence-electron chi connectivity index (χ2n) is 4.69. The van der Waals surface area contributed by atoms with E-state index in [1.54, 1.807) is 0 Å². The van der Waals surface area contributed by atoms with Crippen LogP contribution in [0.2, 0.25) is 5.02 Å². The molecule has 0 fully saturated rings. The zero-order valence-corrected chi connectivity index (χ0v) is 14.4. The maximum Gasteiger partial charge on any atom is 0.242 e. The lowest BCUT2D eigenvalue weighted by molar-refractivity contribution is -0.122. The first-order valence-corrected chi connectivity index (χ1v) is 7.91. The van der Waals surface area contributed by atoms with Crippen LogP contribution in [0, 0.1) is 3.57 Å². The Hall–Kier alpha value is -0.490. The van der Waals surface area contributed by atoms with Gasteiger partial charge in [-0.1, -0.05) is 24.9 Å². The molecular formula is C14H20ClIN2O. The van der Waals surface area contributed by atoms with E-state index < -0.39 is 0 Å². The fraction of sp³-hybridized carbons (Fsp3) is 0.500. The molecule has 0 aliphatic rings. The molecule has 1 amide bonds. The van der Waals surface area contributed by atoms with Crippen LogP contribution in [0.4, 0.5) is 5.69 Å². The second-order valence-corrected chi connectivity index (χ2v) is 6.34. The Balaban J connectivity index is 2.58. The van der Waals surface area contributed by atoms with Gasteiger partial charge in [-0.3, -0.25) is 4.79 Å². The molecule has 0 saturated heterocycles. The third-order valence-corrected chi connectivity index (χ3v) is 3.79. The number of carbonyl (C=O) groups excluding carboxylic acids is 1. The molecule has 1 aromatic carbocycles. The minimum atomic E-state index is -0.308. The SMILES string of the molecule is CCCC(C)NC(=O)C(C)Nc1ccc(I)cc1Cl. The molecule has 0 spiro atoms. The highest BCUT2D eigenvalue weighted by atomic mass is 127. The number of halogens is 2.